The van der Waals surface area contributed by atoms with Crippen LogP contribution in [0.4, 0.5) is 17.1 Å². The summed E-state index contributed by atoms with van der Waals surface area (Å²) in [6, 6.07) is 71.6. The Balaban J connectivity index is 1.01. The van der Waals surface area contributed by atoms with Crippen LogP contribution in [-0.4, -0.2) is 0 Å². The molecule has 0 fully saturated rings. The van der Waals surface area contributed by atoms with Gasteiger partial charge in [0.1, 0.15) is 27.9 Å². The lowest BCUT2D eigenvalue weighted by Gasteiger charge is -2.28. The normalized spacial score (nSPS) is 13.2. The molecule has 0 atom stereocenters. The van der Waals surface area contributed by atoms with Gasteiger partial charge in [-0.25, -0.2) is 0 Å². The summed E-state index contributed by atoms with van der Waals surface area (Å²) in [5.74, 6) is 0. The summed E-state index contributed by atoms with van der Waals surface area (Å²) in [7, 11) is 0. The zero-order valence-electron chi connectivity index (χ0n) is 35.7. The van der Waals surface area contributed by atoms with E-state index in [2.05, 4.69) is 195 Å². The third-order valence-corrected chi connectivity index (χ3v) is 14.1. The fourth-order valence-corrected chi connectivity index (χ4v) is 11.0. The third kappa shape index (κ3) is 5.14. The first kappa shape index (κ1) is 36.2. The highest BCUT2D eigenvalue weighted by atomic mass is 16.3. The maximum atomic E-state index is 7.38. The SMILES string of the molecule is CC1(C)c2ccccc2-c2ccc(N(c3ccc(-c4cccc5c4oc4ccccc45)cc3)c3cccc4c3oc3c(-c5cccc6c5oc5ccccc56)c5ccccc5cc34)cc21. The van der Waals surface area contributed by atoms with E-state index in [1.807, 2.05) is 24.3 Å². The van der Waals surface area contributed by atoms with Crippen molar-refractivity contribution >= 4 is 93.7 Å². The summed E-state index contributed by atoms with van der Waals surface area (Å²) in [5, 5.41) is 8.79. The van der Waals surface area contributed by atoms with Crippen LogP contribution >= 0.6 is 0 Å². The molecule has 0 unspecified atom stereocenters. The van der Waals surface area contributed by atoms with Crippen molar-refractivity contribution in [2.24, 2.45) is 0 Å². The Morgan fingerprint density at radius 2 is 0.908 bits per heavy atom. The second kappa shape index (κ2) is 13.3. The molecule has 1 aliphatic carbocycles. The lowest BCUT2D eigenvalue weighted by atomic mass is 9.82. The average molecular weight is 834 g/mol. The predicted octanol–water partition coefficient (Wildman–Crippen LogP) is 17.6. The van der Waals surface area contributed by atoms with E-state index in [9.17, 15) is 0 Å². The molecule has 3 aromatic heterocycles. The number of rotatable bonds is 5. The van der Waals surface area contributed by atoms with Crippen LogP contribution in [0.3, 0.4) is 0 Å². The van der Waals surface area contributed by atoms with Gasteiger partial charge in [0.15, 0.2) is 5.58 Å². The van der Waals surface area contributed by atoms with Crippen LogP contribution in [0.25, 0.3) is 110 Å². The van der Waals surface area contributed by atoms with Gasteiger partial charge in [-0.05, 0) is 87.1 Å². The molecule has 0 saturated heterocycles. The molecule has 14 rings (SSSR count). The summed E-state index contributed by atoms with van der Waals surface area (Å²) >= 11 is 0. The van der Waals surface area contributed by atoms with E-state index in [-0.39, 0.29) is 5.41 Å². The molecule has 0 bridgehead atoms. The summed E-state index contributed by atoms with van der Waals surface area (Å²) in [6.07, 6.45) is 0. The zero-order chi connectivity index (χ0) is 43.0. The van der Waals surface area contributed by atoms with Crippen molar-refractivity contribution in [2.45, 2.75) is 19.3 Å². The lowest BCUT2D eigenvalue weighted by Crippen LogP contribution is -2.16. The van der Waals surface area contributed by atoms with Gasteiger partial charge in [-0.1, -0.05) is 166 Å². The Kier molecular flexibility index (Phi) is 7.42. The third-order valence-electron chi connectivity index (χ3n) is 14.1. The Bertz CT molecular complexity index is 4100. The van der Waals surface area contributed by atoms with Crippen LogP contribution in [-0.2, 0) is 5.41 Å². The van der Waals surface area contributed by atoms with Gasteiger partial charge in [0.2, 0.25) is 0 Å². The Morgan fingerprint density at radius 1 is 0.354 bits per heavy atom. The van der Waals surface area contributed by atoms with Gasteiger partial charge in [-0.3, -0.25) is 0 Å². The molecule has 0 amide bonds. The van der Waals surface area contributed by atoms with Gasteiger partial charge in [-0.15, -0.1) is 0 Å². The summed E-state index contributed by atoms with van der Waals surface area (Å²) in [4.78, 5) is 2.37. The van der Waals surface area contributed by atoms with Crippen LogP contribution in [0.1, 0.15) is 25.0 Å². The summed E-state index contributed by atoms with van der Waals surface area (Å²) in [5.41, 5.74) is 17.4. The molecule has 1 aliphatic rings. The van der Waals surface area contributed by atoms with Gasteiger partial charge < -0.3 is 18.2 Å². The van der Waals surface area contributed by atoms with Crippen molar-refractivity contribution in [1.82, 2.24) is 0 Å². The van der Waals surface area contributed by atoms with Gasteiger partial charge in [0.05, 0.1) is 5.69 Å². The van der Waals surface area contributed by atoms with Crippen molar-refractivity contribution in [2.75, 3.05) is 4.90 Å². The molecule has 4 heteroatoms. The van der Waals surface area contributed by atoms with Crippen LogP contribution in [0.15, 0.2) is 213 Å². The molecule has 306 valence electrons. The molecule has 3 heterocycles. The highest BCUT2D eigenvalue weighted by Crippen LogP contribution is 2.52. The van der Waals surface area contributed by atoms with Gasteiger partial charge in [-0.2, -0.15) is 0 Å². The number of para-hydroxylation sites is 5. The number of anilines is 3. The molecule has 0 spiro atoms. The standard InChI is InChI=1S/C61H39NO3/c1-61(2)51-24-8-5-16-42(51)43-33-32-39(35-52(43)61)62(38-30-28-36(29-31-38)41-19-11-20-46-44-17-6-9-26-54(44)63-57(41)46)53-25-13-22-48-50-34-37-14-3-4-15-40(37)56(60(50)65-59(48)53)49-23-12-21-47-45-18-7-10-27-55(45)64-58(47)49/h3-35H,1-2H3. The van der Waals surface area contributed by atoms with Gasteiger partial charge >= 0.3 is 0 Å². The molecular weight excluding hydrogens is 795 g/mol. The second-order valence-corrected chi connectivity index (χ2v) is 17.9. The molecule has 0 radical (unpaired) electrons. The highest BCUT2D eigenvalue weighted by molar-refractivity contribution is 6.23. The number of furan rings is 3. The van der Waals surface area contributed by atoms with E-state index in [1.165, 1.54) is 22.3 Å². The van der Waals surface area contributed by atoms with E-state index in [4.69, 9.17) is 13.3 Å². The lowest BCUT2D eigenvalue weighted by molar-refractivity contribution is 0.660. The maximum Gasteiger partial charge on any atom is 0.159 e. The van der Waals surface area contributed by atoms with E-state index in [0.29, 0.717) is 0 Å². The molecule has 0 N–H and O–H groups in total. The minimum absolute atomic E-state index is 0.180. The van der Waals surface area contributed by atoms with E-state index in [1.54, 1.807) is 0 Å². The molecule has 4 nitrogen and oxygen atoms in total. The highest BCUT2D eigenvalue weighted by Gasteiger charge is 2.36. The van der Waals surface area contributed by atoms with Crippen LogP contribution < -0.4 is 4.90 Å². The Morgan fingerprint density at radius 3 is 1.66 bits per heavy atom. The first-order valence-corrected chi connectivity index (χ1v) is 22.3. The topological polar surface area (TPSA) is 42.7 Å². The smallest absolute Gasteiger partial charge is 0.159 e. The number of hydrogen-bond donors (Lipinski definition) is 0. The molecule has 65 heavy (non-hydrogen) atoms. The quantitative estimate of drug-likeness (QED) is 0.173. The van der Waals surface area contributed by atoms with Crippen molar-refractivity contribution in [3.8, 4) is 33.4 Å². The van der Waals surface area contributed by atoms with E-state index in [0.717, 1.165) is 116 Å². The largest absolute Gasteiger partial charge is 0.455 e. The first-order valence-electron chi connectivity index (χ1n) is 22.3. The maximum absolute atomic E-state index is 7.38. The Hall–Kier alpha value is -8.34. The fraction of sp³-hybridized carbons (Fsp3) is 0.0492. The summed E-state index contributed by atoms with van der Waals surface area (Å²) in [6.45, 7) is 4.68. The number of benzene rings is 10. The van der Waals surface area contributed by atoms with Crippen LogP contribution in [0.5, 0.6) is 0 Å². The minimum Gasteiger partial charge on any atom is -0.455 e. The predicted molar refractivity (Wildman–Crippen MR) is 269 cm³/mol. The fourth-order valence-electron chi connectivity index (χ4n) is 11.0. The first-order chi connectivity index (χ1) is 32.0. The molecule has 0 saturated carbocycles. The van der Waals surface area contributed by atoms with Crippen LogP contribution in [0, 0.1) is 0 Å². The van der Waals surface area contributed by atoms with Gasteiger partial charge in [0.25, 0.3) is 0 Å². The number of fused-ring (bicyclic) bond motifs is 13. The Labute approximate surface area is 374 Å². The van der Waals surface area contributed by atoms with E-state index >= 15 is 0 Å². The van der Waals surface area contributed by atoms with Crippen molar-refractivity contribution in [3.63, 3.8) is 0 Å². The number of hydrogen-bond acceptors (Lipinski definition) is 4. The van der Waals surface area contributed by atoms with Crippen LogP contribution in [0.2, 0.25) is 0 Å². The van der Waals surface area contributed by atoms with Gasteiger partial charge in [0, 0.05) is 65.8 Å². The second-order valence-electron chi connectivity index (χ2n) is 17.9. The van der Waals surface area contributed by atoms with Crippen molar-refractivity contribution in [1.29, 1.82) is 0 Å². The minimum atomic E-state index is -0.180. The average Bonchev–Trinajstić information content (AvgIpc) is 4.10. The van der Waals surface area contributed by atoms with E-state index < -0.39 is 0 Å². The summed E-state index contributed by atoms with van der Waals surface area (Å²) < 4.78 is 20.6. The molecular formula is C61H39NO3. The van der Waals surface area contributed by atoms with Crippen molar-refractivity contribution in [3.05, 3.63) is 211 Å². The monoisotopic (exact) mass is 833 g/mol. The van der Waals surface area contributed by atoms with Crippen molar-refractivity contribution < 1.29 is 13.3 Å². The molecule has 13 aromatic rings. The zero-order valence-corrected chi connectivity index (χ0v) is 35.7. The molecule has 10 aromatic carbocycles. The number of nitrogens with zero attached hydrogens (tertiary/aromatic N) is 1. The molecule has 0 aliphatic heterocycles.